The highest BCUT2D eigenvalue weighted by molar-refractivity contribution is 7.10. The Bertz CT molecular complexity index is 593. The first-order valence-electron chi connectivity index (χ1n) is 6.53. The lowest BCUT2D eigenvalue weighted by Gasteiger charge is -2.23. The molecule has 1 aliphatic heterocycles. The van der Waals surface area contributed by atoms with E-state index in [0.29, 0.717) is 5.92 Å². The SMILES string of the molecule is N#Cc1csc(CNC[C@H]2CCc3nccn3C2)c1. The summed E-state index contributed by atoms with van der Waals surface area (Å²) in [5.41, 5.74) is 0.766. The van der Waals surface area contributed by atoms with Crippen molar-refractivity contribution in [1.82, 2.24) is 14.9 Å². The summed E-state index contributed by atoms with van der Waals surface area (Å²) in [6.45, 7) is 2.95. The summed E-state index contributed by atoms with van der Waals surface area (Å²) >= 11 is 1.65. The van der Waals surface area contributed by atoms with E-state index in [1.165, 1.54) is 17.1 Å². The van der Waals surface area contributed by atoms with E-state index in [-0.39, 0.29) is 0 Å². The minimum atomic E-state index is 0.678. The number of hydrogen-bond donors (Lipinski definition) is 1. The molecule has 5 heteroatoms. The summed E-state index contributed by atoms with van der Waals surface area (Å²) in [4.78, 5) is 5.58. The molecule has 3 rings (SSSR count). The molecule has 0 bridgehead atoms. The first-order valence-corrected chi connectivity index (χ1v) is 7.41. The maximum atomic E-state index is 8.78. The number of aryl methyl sites for hydroxylation is 1. The van der Waals surface area contributed by atoms with Crippen molar-refractivity contribution in [2.75, 3.05) is 6.54 Å². The van der Waals surface area contributed by atoms with Crippen LogP contribution in [-0.4, -0.2) is 16.1 Å². The average Bonchev–Trinajstić information content (AvgIpc) is 3.06. The second kappa shape index (κ2) is 5.55. The Hall–Kier alpha value is -1.64. The van der Waals surface area contributed by atoms with Gasteiger partial charge in [-0.1, -0.05) is 0 Å². The van der Waals surface area contributed by atoms with Gasteiger partial charge in [0.15, 0.2) is 0 Å². The molecule has 2 aromatic heterocycles. The van der Waals surface area contributed by atoms with Crippen molar-refractivity contribution >= 4 is 11.3 Å². The Morgan fingerprint density at radius 1 is 1.58 bits per heavy atom. The summed E-state index contributed by atoms with van der Waals surface area (Å²) in [7, 11) is 0. The zero-order valence-corrected chi connectivity index (χ0v) is 11.5. The van der Waals surface area contributed by atoms with E-state index < -0.39 is 0 Å². The number of imidazole rings is 1. The van der Waals surface area contributed by atoms with Crippen LogP contribution in [0.25, 0.3) is 0 Å². The van der Waals surface area contributed by atoms with Gasteiger partial charge in [-0.25, -0.2) is 4.98 Å². The number of nitriles is 1. The van der Waals surface area contributed by atoms with Crippen LogP contribution in [0.15, 0.2) is 23.8 Å². The highest BCUT2D eigenvalue weighted by Crippen LogP contribution is 2.18. The van der Waals surface area contributed by atoms with Crippen molar-refractivity contribution in [3.63, 3.8) is 0 Å². The number of hydrogen-bond acceptors (Lipinski definition) is 4. The topological polar surface area (TPSA) is 53.6 Å². The predicted octanol–water partition coefficient (Wildman–Crippen LogP) is 2.17. The lowest BCUT2D eigenvalue weighted by molar-refractivity contribution is 0.348. The molecular weight excluding hydrogens is 256 g/mol. The van der Waals surface area contributed by atoms with Gasteiger partial charge in [0.25, 0.3) is 0 Å². The number of fused-ring (bicyclic) bond motifs is 1. The second-order valence-electron chi connectivity index (χ2n) is 4.94. The van der Waals surface area contributed by atoms with Gasteiger partial charge in [0.1, 0.15) is 11.9 Å². The first-order chi connectivity index (χ1) is 9.35. The zero-order valence-electron chi connectivity index (χ0n) is 10.7. The number of nitrogens with one attached hydrogen (secondary N) is 1. The Kier molecular flexibility index (Phi) is 3.62. The van der Waals surface area contributed by atoms with Crippen molar-refractivity contribution < 1.29 is 0 Å². The molecule has 0 unspecified atom stereocenters. The van der Waals surface area contributed by atoms with Crippen LogP contribution in [0.5, 0.6) is 0 Å². The Labute approximate surface area is 116 Å². The second-order valence-corrected chi connectivity index (χ2v) is 5.94. The van der Waals surface area contributed by atoms with Crippen LogP contribution in [0, 0.1) is 17.2 Å². The van der Waals surface area contributed by atoms with Gasteiger partial charge in [-0.3, -0.25) is 0 Å². The minimum Gasteiger partial charge on any atom is -0.335 e. The van der Waals surface area contributed by atoms with E-state index in [1.807, 2.05) is 17.6 Å². The van der Waals surface area contributed by atoms with Gasteiger partial charge in [0.2, 0.25) is 0 Å². The molecule has 2 aromatic rings. The van der Waals surface area contributed by atoms with Crippen LogP contribution in [0.4, 0.5) is 0 Å². The summed E-state index contributed by atoms with van der Waals surface area (Å²) in [5.74, 6) is 1.89. The van der Waals surface area contributed by atoms with Crippen LogP contribution in [-0.2, 0) is 19.5 Å². The predicted molar refractivity (Wildman–Crippen MR) is 74.8 cm³/mol. The largest absolute Gasteiger partial charge is 0.335 e. The molecule has 0 spiro atoms. The van der Waals surface area contributed by atoms with Gasteiger partial charge in [-0.2, -0.15) is 5.26 Å². The van der Waals surface area contributed by atoms with E-state index in [9.17, 15) is 0 Å². The third kappa shape index (κ3) is 2.86. The van der Waals surface area contributed by atoms with Crippen LogP contribution < -0.4 is 5.32 Å². The Balaban J connectivity index is 1.47. The normalized spacial score (nSPS) is 17.9. The molecule has 3 heterocycles. The van der Waals surface area contributed by atoms with Gasteiger partial charge >= 0.3 is 0 Å². The standard InChI is InChI=1S/C14H16N4S/c15-6-12-5-13(19-10-12)8-16-7-11-1-2-14-17-3-4-18(14)9-11/h3-5,10-11,16H,1-2,7-9H2/t11-/m1/s1. The summed E-state index contributed by atoms with van der Waals surface area (Å²) in [5, 5.41) is 14.2. The van der Waals surface area contributed by atoms with Crippen molar-refractivity contribution in [2.45, 2.75) is 25.9 Å². The van der Waals surface area contributed by atoms with Crippen molar-refractivity contribution in [3.8, 4) is 6.07 Å². The van der Waals surface area contributed by atoms with E-state index in [4.69, 9.17) is 5.26 Å². The average molecular weight is 272 g/mol. The van der Waals surface area contributed by atoms with Crippen LogP contribution in [0.1, 0.15) is 22.7 Å². The molecule has 1 atom stereocenters. The summed E-state index contributed by atoms with van der Waals surface area (Å²) in [6, 6.07) is 4.13. The molecule has 0 saturated carbocycles. The minimum absolute atomic E-state index is 0.678. The van der Waals surface area contributed by atoms with Gasteiger partial charge < -0.3 is 9.88 Å². The van der Waals surface area contributed by atoms with Gasteiger partial charge in [-0.15, -0.1) is 11.3 Å². The molecule has 1 N–H and O–H groups in total. The number of rotatable bonds is 4. The van der Waals surface area contributed by atoms with Gasteiger partial charge in [0, 0.05) is 48.7 Å². The van der Waals surface area contributed by atoms with E-state index in [2.05, 4.69) is 27.1 Å². The van der Waals surface area contributed by atoms with Crippen LogP contribution in [0.2, 0.25) is 0 Å². The lowest BCUT2D eigenvalue weighted by Crippen LogP contribution is -2.29. The highest BCUT2D eigenvalue weighted by Gasteiger charge is 2.18. The van der Waals surface area contributed by atoms with E-state index in [0.717, 1.165) is 31.6 Å². The van der Waals surface area contributed by atoms with Gasteiger partial charge in [-0.05, 0) is 18.4 Å². The van der Waals surface area contributed by atoms with Crippen molar-refractivity contribution in [3.05, 3.63) is 40.1 Å². The molecule has 0 saturated heterocycles. The third-order valence-electron chi connectivity index (χ3n) is 3.55. The smallest absolute Gasteiger partial charge is 0.108 e. The van der Waals surface area contributed by atoms with Crippen molar-refractivity contribution in [2.24, 2.45) is 5.92 Å². The lowest BCUT2D eigenvalue weighted by atomic mass is 9.99. The molecule has 4 nitrogen and oxygen atoms in total. The fourth-order valence-corrected chi connectivity index (χ4v) is 3.31. The number of thiophene rings is 1. The molecule has 0 radical (unpaired) electrons. The summed E-state index contributed by atoms with van der Waals surface area (Å²) in [6.07, 6.45) is 6.25. The van der Waals surface area contributed by atoms with E-state index in [1.54, 1.807) is 11.3 Å². The quantitative estimate of drug-likeness (QED) is 0.928. The fraction of sp³-hybridized carbons (Fsp3) is 0.429. The monoisotopic (exact) mass is 272 g/mol. The Morgan fingerprint density at radius 2 is 2.53 bits per heavy atom. The molecule has 0 aliphatic carbocycles. The van der Waals surface area contributed by atoms with Crippen LogP contribution in [0.3, 0.4) is 0 Å². The number of aromatic nitrogens is 2. The zero-order chi connectivity index (χ0) is 13.1. The maximum Gasteiger partial charge on any atom is 0.108 e. The molecule has 1 aliphatic rings. The molecule has 98 valence electrons. The fourth-order valence-electron chi connectivity index (χ4n) is 2.54. The maximum absolute atomic E-state index is 8.78. The molecular formula is C14H16N4S. The van der Waals surface area contributed by atoms with Crippen LogP contribution >= 0.6 is 11.3 Å². The van der Waals surface area contributed by atoms with Crippen molar-refractivity contribution in [1.29, 1.82) is 5.26 Å². The summed E-state index contributed by atoms with van der Waals surface area (Å²) < 4.78 is 2.26. The highest BCUT2D eigenvalue weighted by atomic mass is 32.1. The number of nitrogens with zero attached hydrogens (tertiary/aromatic N) is 3. The molecule has 0 amide bonds. The molecule has 19 heavy (non-hydrogen) atoms. The molecule has 0 aromatic carbocycles. The third-order valence-corrected chi connectivity index (χ3v) is 4.48. The Morgan fingerprint density at radius 3 is 3.37 bits per heavy atom. The first kappa shape index (κ1) is 12.4. The van der Waals surface area contributed by atoms with E-state index >= 15 is 0 Å². The van der Waals surface area contributed by atoms with Gasteiger partial charge in [0.05, 0.1) is 5.56 Å². The molecule has 0 fully saturated rings.